The maximum Gasteiger partial charge on any atom is 0.335 e. The minimum absolute atomic E-state index is 0.0476. The van der Waals surface area contributed by atoms with Crippen molar-refractivity contribution in [3.05, 3.63) is 70.6 Å². The Hall–Kier alpha value is -3.64. The van der Waals surface area contributed by atoms with E-state index in [1.54, 1.807) is 23.5 Å². The van der Waals surface area contributed by atoms with Crippen LogP contribution in [0.5, 0.6) is 5.75 Å². The van der Waals surface area contributed by atoms with Crippen LogP contribution in [-0.4, -0.2) is 26.2 Å². The smallest absolute Gasteiger partial charge is 0.335 e. The highest BCUT2D eigenvalue weighted by atomic mass is 32.1. The fraction of sp³-hybridized carbons (Fsp3) is 0.0833. The lowest BCUT2D eigenvalue weighted by Crippen LogP contribution is -1.95. The van der Waals surface area contributed by atoms with Crippen LogP contribution in [0, 0.1) is 13.8 Å². The van der Waals surface area contributed by atoms with Gasteiger partial charge in [0.2, 0.25) is 0 Å². The molecule has 0 bridgehead atoms. The second-order valence-corrected chi connectivity index (χ2v) is 8.36. The molecule has 0 saturated carbocycles. The van der Waals surface area contributed by atoms with Crippen LogP contribution in [0.2, 0.25) is 0 Å². The topological polar surface area (TPSA) is 86.2 Å². The number of carboxylic acids is 1. The number of carboxylic acid groups (broad SMARTS) is 1. The number of aromatic amines is 1. The van der Waals surface area contributed by atoms with Crippen molar-refractivity contribution in [3.63, 3.8) is 0 Å². The number of phenolic OH excluding ortho intramolecular Hbond substituents is 1. The molecule has 2 heterocycles. The summed E-state index contributed by atoms with van der Waals surface area (Å²) < 4.78 is 0. The first kappa shape index (κ1) is 18.4. The molecule has 0 atom stereocenters. The molecule has 0 spiro atoms. The molecule has 5 nitrogen and oxygen atoms in total. The van der Waals surface area contributed by atoms with Crippen molar-refractivity contribution in [2.45, 2.75) is 13.8 Å². The first-order valence-corrected chi connectivity index (χ1v) is 10.3. The number of imidazole rings is 1. The lowest BCUT2D eigenvalue weighted by atomic mass is 10.0. The van der Waals surface area contributed by atoms with Crippen LogP contribution in [0.4, 0.5) is 0 Å². The average molecular weight is 414 g/mol. The average Bonchev–Trinajstić information content (AvgIpc) is 3.36. The van der Waals surface area contributed by atoms with E-state index in [9.17, 15) is 15.0 Å². The summed E-state index contributed by atoms with van der Waals surface area (Å²) >= 11 is 1.60. The summed E-state index contributed by atoms with van der Waals surface area (Å²) in [6, 6.07) is 15.0. The maximum absolute atomic E-state index is 11.3. The van der Waals surface area contributed by atoms with Gasteiger partial charge in [0.25, 0.3) is 0 Å². The van der Waals surface area contributed by atoms with Gasteiger partial charge in [-0.1, -0.05) is 24.3 Å². The Balaban J connectivity index is 1.62. The zero-order chi connectivity index (χ0) is 21.0. The SMILES string of the molecule is Cc1ccc(-c2csc(-c3nc4c(ccc5cc(C(=O)O)cc(O)c54)[nH]3)c2)cc1C. The van der Waals surface area contributed by atoms with Crippen LogP contribution in [0.15, 0.2) is 53.9 Å². The third-order valence-corrected chi connectivity index (χ3v) is 6.40. The number of thiophene rings is 1. The third kappa shape index (κ3) is 2.93. The number of H-pyrrole nitrogens is 1. The van der Waals surface area contributed by atoms with Gasteiger partial charge >= 0.3 is 5.97 Å². The Morgan fingerprint density at radius 2 is 1.83 bits per heavy atom. The number of benzene rings is 3. The van der Waals surface area contributed by atoms with E-state index in [0.717, 1.165) is 21.8 Å². The molecule has 0 aliphatic heterocycles. The molecule has 0 aliphatic rings. The first-order chi connectivity index (χ1) is 14.4. The molecule has 148 valence electrons. The van der Waals surface area contributed by atoms with Gasteiger partial charge in [0.05, 0.1) is 21.3 Å². The number of aromatic nitrogens is 2. The maximum atomic E-state index is 11.3. The third-order valence-electron chi connectivity index (χ3n) is 5.47. The zero-order valence-electron chi connectivity index (χ0n) is 16.4. The molecule has 3 aromatic carbocycles. The first-order valence-electron chi connectivity index (χ1n) is 9.46. The second-order valence-electron chi connectivity index (χ2n) is 7.44. The number of hydrogen-bond donors (Lipinski definition) is 3. The van der Waals surface area contributed by atoms with Gasteiger partial charge in [-0.2, -0.15) is 0 Å². The van der Waals surface area contributed by atoms with E-state index in [1.165, 1.54) is 22.8 Å². The molecular formula is C24H18N2O3S. The van der Waals surface area contributed by atoms with E-state index >= 15 is 0 Å². The molecule has 0 fully saturated rings. The molecule has 0 unspecified atom stereocenters. The minimum atomic E-state index is -1.08. The van der Waals surface area contributed by atoms with E-state index in [4.69, 9.17) is 4.98 Å². The highest BCUT2D eigenvalue weighted by Gasteiger charge is 2.15. The van der Waals surface area contributed by atoms with Crippen molar-refractivity contribution < 1.29 is 15.0 Å². The van der Waals surface area contributed by atoms with Gasteiger partial charge in [0.1, 0.15) is 17.1 Å². The van der Waals surface area contributed by atoms with Crippen molar-refractivity contribution >= 4 is 39.1 Å². The van der Waals surface area contributed by atoms with Gasteiger partial charge in [0.15, 0.2) is 0 Å². The number of phenols is 1. The van der Waals surface area contributed by atoms with Crippen LogP contribution >= 0.6 is 11.3 Å². The van der Waals surface area contributed by atoms with Gasteiger partial charge in [-0.05, 0) is 71.1 Å². The fourth-order valence-corrected chi connectivity index (χ4v) is 4.54. The molecule has 0 amide bonds. The van der Waals surface area contributed by atoms with Crippen molar-refractivity contribution in [1.29, 1.82) is 0 Å². The molecule has 6 heteroatoms. The number of hydrogen-bond acceptors (Lipinski definition) is 4. The van der Waals surface area contributed by atoms with Crippen LogP contribution < -0.4 is 0 Å². The van der Waals surface area contributed by atoms with Gasteiger partial charge in [-0.25, -0.2) is 9.78 Å². The molecule has 0 aliphatic carbocycles. The van der Waals surface area contributed by atoms with Crippen molar-refractivity contribution in [3.8, 4) is 27.6 Å². The summed E-state index contributed by atoms with van der Waals surface area (Å²) in [5, 5.41) is 23.0. The number of nitrogens with one attached hydrogen (secondary N) is 1. The Morgan fingerprint density at radius 3 is 2.60 bits per heavy atom. The number of aryl methyl sites for hydroxylation is 2. The number of aromatic carboxylic acids is 1. The van der Waals surface area contributed by atoms with Crippen molar-refractivity contribution in [2.75, 3.05) is 0 Å². The Labute approximate surface area is 176 Å². The van der Waals surface area contributed by atoms with Crippen molar-refractivity contribution in [2.24, 2.45) is 0 Å². The number of carbonyl (C=O) groups is 1. The Morgan fingerprint density at radius 1 is 1.00 bits per heavy atom. The molecule has 30 heavy (non-hydrogen) atoms. The molecular weight excluding hydrogens is 396 g/mol. The molecule has 3 N–H and O–H groups in total. The predicted molar refractivity (Wildman–Crippen MR) is 120 cm³/mol. The van der Waals surface area contributed by atoms with Crippen LogP contribution in [0.25, 0.3) is 43.6 Å². The van der Waals surface area contributed by atoms with E-state index in [-0.39, 0.29) is 11.3 Å². The lowest BCUT2D eigenvalue weighted by Gasteiger charge is -2.04. The minimum Gasteiger partial charge on any atom is -0.507 e. The molecule has 5 aromatic rings. The summed E-state index contributed by atoms with van der Waals surface area (Å²) in [5.74, 6) is -0.442. The van der Waals surface area contributed by atoms with Gasteiger partial charge in [-0.3, -0.25) is 0 Å². The normalized spacial score (nSPS) is 11.4. The number of aromatic hydroxyl groups is 1. The molecule has 5 rings (SSSR count). The Bertz CT molecular complexity index is 1460. The van der Waals surface area contributed by atoms with Gasteiger partial charge < -0.3 is 15.2 Å². The number of rotatable bonds is 3. The molecule has 0 saturated heterocycles. The summed E-state index contributed by atoms with van der Waals surface area (Å²) in [6.07, 6.45) is 0. The number of fused-ring (bicyclic) bond motifs is 3. The summed E-state index contributed by atoms with van der Waals surface area (Å²) in [7, 11) is 0. The predicted octanol–water partition coefficient (Wildman–Crippen LogP) is 6.13. The van der Waals surface area contributed by atoms with Crippen LogP contribution in [-0.2, 0) is 0 Å². The molecule has 0 radical (unpaired) electrons. The quantitative estimate of drug-likeness (QED) is 0.331. The van der Waals surface area contributed by atoms with E-state index < -0.39 is 5.97 Å². The zero-order valence-corrected chi connectivity index (χ0v) is 17.2. The van der Waals surface area contributed by atoms with Gasteiger partial charge in [-0.15, -0.1) is 11.3 Å². The second kappa shape index (κ2) is 6.71. The highest BCUT2D eigenvalue weighted by Crippen LogP contribution is 2.36. The lowest BCUT2D eigenvalue weighted by molar-refractivity contribution is 0.0696. The van der Waals surface area contributed by atoms with Crippen LogP contribution in [0.1, 0.15) is 21.5 Å². The summed E-state index contributed by atoms with van der Waals surface area (Å²) in [5.41, 5.74) is 6.29. The largest absolute Gasteiger partial charge is 0.507 e. The molecule has 2 aromatic heterocycles. The van der Waals surface area contributed by atoms with Crippen molar-refractivity contribution in [1.82, 2.24) is 9.97 Å². The van der Waals surface area contributed by atoms with Gasteiger partial charge in [0, 0.05) is 0 Å². The highest BCUT2D eigenvalue weighted by molar-refractivity contribution is 7.13. The van der Waals surface area contributed by atoms with E-state index in [0.29, 0.717) is 16.3 Å². The monoisotopic (exact) mass is 414 g/mol. The summed E-state index contributed by atoms with van der Waals surface area (Å²) in [6.45, 7) is 4.21. The van der Waals surface area contributed by atoms with E-state index in [1.807, 2.05) is 6.07 Å². The Kier molecular flexibility index (Phi) is 4.11. The van der Waals surface area contributed by atoms with Crippen LogP contribution in [0.3, 0.4) is 0 Å². The fourth-order valence-electron chi connectivity index (χ4n) is 3.68. The van der Waals surface area contributed by atoms with E-state index in [2.05, 4.69) is 48.5 Å². The summed E-state index contributed by atoms with van der Waals surface area (Å²) in [4.78, 5) is 20.3. The number of nitrogens with zero attached hydrogens (tertiary/aromatic N) is 1. The standard InChI is InChI=1S/C24H18N2O3S/c1-12-3-4-14(7-13(12)2)17-10-20(30-11-17)23-25-18-6-5-15-8-16(24(28)29)9-19(27)21(15)22(18)26-23/h3-11,27H,1-2H3,(H,25,26)(H,28,29).